The molecule has 110 valence electrons. The standard InChI is InChI=1S/C17H22N4/c1-2-6-16-20-15(18)11-17(21-16)19-14-10-5-8-12-7-3-4-9-13(12)14/h5,8,10-11H,2-4,6-7,9H2,1H3,(H3,18,19,20,21). The van der Waals surface area contributed by atoms with Gasteiger partial charge in [0.2, 0.25) is 0 Å². The normalized spacial score (nSPS) is 13.8. The van der Waals surface area contributed by atoms with Crippen molar-refractivity contribution >= 4 is 17.3 Å². The second-order valence-corrected chi connectivity index (χ2v) is 5.62. The van der Waals surface area contributed by atoms with Crippen LogP contribution >= 0.6 is 0 Å². The maximum atomic E-state index is 5.89. The van der Waals surface area contributed by atoms with Crippen molar-refractivity contribution in [3.8, 4) is 0 Å². The third-order valence-electron chi connectivity index (χ3n) is 3.92. The van der Waals surface area contributed by atoms with Crippen molar-refractivity contribution in [2.75, 3.05) is 11.1 Å². The molecule has 4 nitrogen and oxygen atoms in total. The van der Waals surface area contributed by atoms with Crippen LogP contribution in [-0.2, 0) is 19.3 Å². The molecule has 1 aromatic carbocycles. The van der Waals surface area contributed by atoms with Crippen LogP contribution in [0.1, 0.15) is 43.1 Å². The van der Waals surface area contributed by atoms with Crippen LogP contribution in [0.5, 0.6) is 0 Å². The molecule has 0 fully saturated rings. The molecule has 0 unspecified atom stereocenters. The van der Waals surface area contributed by atoms with E-state index in [0.29, 0.717) is 5.82 Å². The van der Waals surface area contributed by atoms with Crippen LogP contribution in [0, 0.1) is 0 Å². The van der Waals surface area contributed by atoms with E-state index in [1.807, 2.05) is 0 Å². The molecule has 0 bridgehead atoms. The summed E-state index contributed by atoms with van der Waals surface area (Å²) in [6.07, 6.45) is 6.74. The van der Waals surface area contributed by atoms with Gasteiger partial charge >= 0.3 is 0 Å². The van der Waals surface area contributed by atoms with E-state index < -0.39 is 0 Å². The molecular formula is C17H22N4. The zero-order valence-corrected chi connectivity index (χ0v) is 12.5. The van der Waals surface area contributed by atoms with Crippen LogP contribution in [0.2, 0.25) is 0 Å². The Hall–Kier alpha value is -2.10. The quantitative estimate of drug-likeness (QED) is 0.898. The fourth-order valence-corrected chi connectivity index (χ4v) is 2.95. The first-order valence-electron chi connectivity index (χ1n) is 7.77. The molecule has 1 aliphatic carbocycles. The molecule has 1 aromatic heterocycles. The number of nitrogens with zero attached hydrogens (tertiary/aromatic N) is 2. The molecule has 21 heavy (non-hydrogen) atoms. The molecule has 3 N–H and O–H groups in total. The van der Waals surface area contributed by atoms with Crippen molar-refractivity contribution in [1.82, 2.24) is 9.97 Å². The molecule has 4 heteroatoms. The van der Waals surface area contributed by atoms with Crippen LogP contribution < -0.4 is 11.1 Å². The maximum absolute atomic E-state index is 5.89. The Balaban J connectivity index is 1.90. The first kappa shape index (κ1) is 13.9. The van der Waals surface area contributed by atoms with Gasteiger partial charge in [0.1, 0.15) is 17.5 Å². The van der Waals surface area contributed by atoms with Gasteiger partial charge < -0.3 is 11.1 Å². The molecule has 0 saturated carbocycles. The minimum Gasteiger partial charge on any atom is -0.384 e. The van der Waals surface area contributed by atoms with Gasteiger partial charge in [0.25, 0.3) is 0 Å². The molecular weight excluding hydrogens is 260 g/mol. The maximum Gasteiger partial charge on any atom is 0.136 e. The predicted octanol–water partition coefficient (Wildman–Crippen LogP) is 3.63. The number of hydrogen-bond acceptors (Lipinski definition) is 4. The lowest BCUT2D eigenvalue weighted by molar-refractivity contribution is 0.687. The summed E-state index contributed by atoms with van der Waals surface area (Å²) in [6.45, 7) is 2.12. The Bertz CT molecular complexity index is 637. The number of rotatable bonds is 4. The topological polar surface area (TPSA) is 63.8 Å². The lowest BCUT2D eigenvalue weighted by atomic mass is 9.90. The molecule has 0 radical (unpaired) electrons. The number of aromatic nitrogens is 2. The number of benzene rings is 1. The summed E-state index contributed by atoms with van der Waals surface area (Å²) in [5.41, 5.74) is 9.94. The molecule has 0 aliphatic heterocycles. The van der Waals surface area contributed by atoms with E-state index in [-0.39, 0.29) is 0 Å². The number of fused-ring (bicyclic) bond motifs is 1. The number of nitrogens with two attached hydrogens (primary N) is 1. The van der Waals surface area contributed by atoms with E-state index in [9.17, 15) is 0 Å². The number of anilines is 3. The fraction of sp³-hybridized carbons (Fsp3) is 0.412. The summed E-state index contributed by atoms with van der Waals surface area (Å²) in [5.74, 6) is 2.13. The molecule has 0 atom stereocenters. The Morgan fingerprint density at radius 3 is 2.90 bits per heavy atom. The number of hydrogen-bond donors (Lipinski definition) is 2. The molecule has 1 aliphatic rings. The molecule has 2 aromatic rings. The van der Waals surface area contributed by atoms with E-state index >= 15 is 0 Å². The van der Waals surface area contributed by atoms with Gasteiger partial charge in [0.15, 0.2) is 0 Å². The monoisotopic (exact) mass is 282 g/mol. The minimum absolute atomic E-state index is 0.528. The Morgan fingerprint density at radius 2 is 2.05 bits per heavy atom. The van der Waals surface area contributed by atoms with E-state index in [4.69, 9.17) is 5.73 Å². The third-order valence-corrected chi connectivity index (χ3v) is 3.92. The number of nitrogen functional groups attached to an aromatic ring is 1. The van der Waals surface area contributed by atoms with Crippen molar-refractivity contribution < 1.29 is 0 Å². The highest BCUT2D eigenvalue weighted by molar-refractivity contribution is 5.64. The summed E-state index contributed by atoms with van der Waals surface area (Å²) in [7, 11) is 0. The highest BCUT2D eigenvalue weighted by atomic mass is 15.1. The summed E-state index contributed by atoms with van der Waals surface area (Å²) in [5, 5.41) is 3.44. The van der Waals surface area contributed by atoms with Crippen LogP contribution in [-0.4, -0.2) is 9.97 Å². The van der Waals surface area contributed by atoms with Crippen LogP contribution in [0.25, 0.3) is 0 Å². The summed E-state index contributed by atoms with van der Waals surface area (Å²) < 4.78 is 0. The van der Waals surface area contributed by atoms with Gasteiger partial charge in [0.05, 0.1) is 0 Å². The van der Waals surface area contributed by atoms with Crippen LogP contribution in [0.4, 0.5) is 17.3 Å². The van der Waals surface area contributed by atoms with Crippen molar-refractivity contribution in [3.05, 3.63) is 41.2 Å². The first-order chi connectivity index (χ1) is 10.3. The van der Waals surface area contributed by atoms with Crippen LogP contribution in [0.3, 0.4) is 0 Å². The van der Waals surface area contributed by atoms with E-state index in [0.717, 1.165) is 36.6 Å². The molecule has 0 saturated heterocycles. The molecule has 3 rings (SSSR count). The molecule has 0 amide bonds. The van der Waals surface area contributed by atoms with Crippen molar-refractivity contribution in [3.63, 3.8) is 0 Å². The lowest BCUT2D eigenvalue weighted by Gasteiger charge is -2.20. The van der Waals surface area contributed by atoms with Crippen molar-refractivity contribution in [1.29, 1.82) is 0 Å². The highest BCUT2D eigenvalue weighted by Gasteiger charge is 2.13. The zero-order valence-electron chi connectivity index (χ0n) is 12.5. The first-order valence-corrected chi connectivity index (χ1v) is 7.77. The largest absolute Gasteiger partial charge is 0.384 e. The summed E-state index contributed by atoms with van der Waals surface area (Å²) in [6, 6.07) is 8.28. The van der Waals surface area contributed by atoms with Gasteiger partial charge in [0, 0.05) is 18.2 Å². The molecule has 0 spiro atoms. The van der Waals surface area contributed by atoms with Gasteiger partial charge in [-0.2, -0.15) is 0 Å². The lowest BCUT2D eigenvalue weighted by Crippen LogP contribution is -2.08. The number of nitrogens with one attached hydrogen (secondary N) is 1. The zero-order chi connectivity index (χ0) is 14.7. The smallest absolute Gasteiger partial charge is 0.136 e. The Kier molecular flexibility index (Phi) is 4.04. The SMILES string of the molecule is CCCc1nc(N)cc(Nc2cccc3c2CCCC3)n1. The summed E-state index contributed by atoms with van der Waals surface area (Å²) in [4.78, 5) is 8.84. The van der Waals surface area contributed by atoms with Gasteiger partial charge in [-0.3, -0.25) is 0 Å². The minimum atomic E-state index is 0.528. The van der Waals surface area contributed by atoms with E-state index in [2.05, 4.69) is 40.4 Å². The summed E-state index contributed by atoms with van der Waals surface area (Å²) >= 11 is 0. The van der Waals surface area contributed by atoms with Crippen LogP contribution in [0.15, 0.2) is 24.3 Å². The van der Waals surface area contributed by atoms with E-state index in [1.165, 1.54) is 30.4 Å². The van der Waals surface area contributed by atoms with E-state index in [1.54, 1.807) is 6.07 Å². The van der Waals surface area contributed by atoms with Gasteiger partial charge in [-0.1, -0.05) is 19.1 Å². The van der Waals surface area contributed by atoms with Crippen molar-refractivity contribution in [2.45, 2.75) is 45.4 Å². The highest BCUT2D eigenvalue weighted by Crippen LogP contribution is 2.29. The average molecular weight is 282 g/mol. The average Bonchev–Trinajstić information content (AvgIpc) is 2.47. The molecule has 1 heterocycles. The van der Waals surface area contributed by atoms with Gasteiger partial charge in [-0.15, -0.1) is 0 Å². The Labute approximate surface area is 125 Å². The fourth-order valence-electron chi connectivity index (χ4n) is 2.95. The third kappa shape index (κ3) is 3.15. The van der Waals surface area contributed by atoms with Gasteiger partial charge in [-0.25, -0.2) is 9.97 Å². The van der Waals surface area contributed by atoms with Gasteiger partial charge in [-0.05, 0) is 49.3 Å². The number of aryl methyl sites for hydroxylation is 2. The second-order valence-electron chi connectivity index (χ2n) is 5.62. The van der Waals surface area contributed by atoms with Crippen molar-refractivity contribution in [2.24, 2.45) is 0 Å². The predicted molar refractivity (Wildman–Crippen MR) is 86.8 cm³/mol. The Morgan fingerprint density at radius 1 is 1.19 bits per heavy atom. The second kappa shape index (κ2) is 6.12.